The van der Waals surface area contributed by atoms with Gasteiger partial charge in [0.05, 0.1) is 6.54 Å². The third kappa shape index (κ3) is 6.71. The molecule has 0 aromatic heterocycles. The largest absolute Gasteiger partial charge is 0.354 e. The maximum absolute atomic E-state index is 11.8. The first-order valence-electron chi connectivity index (χ1n) is 8.97. The van der Waals surface area contributed by atoms with E-state index in [0.717, 1.165) is 32.5 Å². The molecule has 132 valence electrons. The van der Waals surface area contributed by atoms with Crippen LogP contribution < -0.4 is 10.6 Å². The number of carbonyl (C=O) groups is 2. The van der Waals surface area contributed by atoms with E-state index in [0.29, 0.717) is 18.9 Å². The molecule has 1 unspecified atom stereocenters. The van der Waals surface area contributed by atoms with Crippen LogP contribution >= 0.6 is 0 Å². The molecule has 2 amide bonds. The fourth-order valence-corrected chi connectivity index (χ4v) is 3.12. The highest BCUT2D eigenvalue weighted by Crippen LogP contribution is 2.17. The van der Waals surface area contributed by atoms with E-state index in [1.807, 2.05) is 13.0 Å². The van der Waals surface area contributed by atoms with Crippen molar-refractivity contribution in [3.63, 3.8) is 0 Å². The van der Waals surface area contributed by atoms with E-state index in [1.54, 1.807) is 0 Å². The third-order valence-electron chi connectivity index (χ3n) is 4.36. The van der Waals surface area contributed by atoms with Gasteiger partial charge in [0.15, 0.2) is 0 Å². The maximum atomic E-state index is 11.8. The minimum absolute atomic E-state index is 0.0562. The first-order valence-corrected chi connectivity index (χ1v) is 8.97. The molecule has 1 heterocycles. The number of amides is 2. The topological polar surface area (TPSA) is 61.4 Å². The van der Waals surface area contributed by atoms with Gasteiger partial charge < -0.3 is 10.6 Å². The Morgan fingerprint density at radius 1 is 1.17 bits per heavy atom. The van der Waals surface area contributed by atoms with Gasteiger partial charge in [-0.05, 0) is 37.3 Å². The number of carbonyl (C=O) groups excluding carboxylic acids is 2. The van der Waals surface area contributed by atoms with Crippen molar-refractivity contribution in [3.8, 4) is 0 Å². The molecule has 5 nitrogen and oxygen atoms in total. The van der Waals surface area contributed by atoms with Crippen LogP contribution in [-0.2, 0) is 16.1 Å². The average Bonchev–Trinajstić information content (AvgIpc) is 2.60. The summed E-state index contributed by atoms with van der Waals surface area (Å²) in [6, 6.07) is 10.5. The molecule has 24 heavy (non-hydrogen) atoms. The Balaban J connectivity index is 1.67. The molecule has 2 N–H and O–H groups in total. The number of nitrogens with zero attached hydrogens (tertiary/aromatic N) is 1. The molecule has 1 aliphatic rings. The number of rotatable bonds is 8. The Labute approximate surface area is 144 Å². The lowest BCUT2D eigenvalue weighted by Gasteiger charge is -2.32. The van der Waals surface area contributed by atoms with Crippen molar-refractivity contribution < 1.29 is 9.59 Å². The van der Waals surface area contributed by atoms with Gasteiger partial charge in [0, 0.05) is 26.1 Å². The number of nitrogens with one attached hydrogen (secondary N) is 2. The molecule has 1 atom stereocenters. The van der Waals surface area contributed by atoms with E-state index in [9.17, 15) is 9.59 Å². The predicted octanol–water partition coefficient (Wildman–Crippen LogP) is 1.93. The van der Waals surface area contributed by atoms with Crippen molar-refractivity contribution in [3.05, 3.63) is 35.9 Å². The van der Waals surface area contributed by atoms with Gasteiger partial charge in [-0.3, -0.25) is 14.5 Å². The summed E-state index contributed by atoms with van der Waals surface area (Å²) in [4.78, 5) is 25.7. The van der Waals surface area contributed by atoms with E-state index in [4.69, 9.17) is 0 Å². The third-order valence-corrected chi connectivity index (χ3v) is 4.36. The van der Waals surface area contributed by atoms with Gasteiger partial charge in [0.25, 0.3) is 0 Å². The molecule has 1 aliphatic heterocycles. The van der Waals surface area contributed by atoms with Crippen LogP contribution in [0.2, 0.25) is 0 Å². The molecule has 5 heteroatoms. The maximum Gasteiger partial charge on any atom is 0.239 e. The zero-order valence-corrected chi connectivity index (χ0v) is 14.6. The molecule has 1 aromatic carbocycles. The second kappa shape index (κ2) is 10.1. The van der Waals surface area contributed by atoms with Crippen LogP contribution in [0.15, 0.2) is 30.3 Å². The van der Waals surface area contributed by atoms with Crippen molar-refractivity contribution in [1.29, 1.82) is 0 Å². The van der Waals surface area contributed by atoms with Gasteiger partial charge in [-0.15, -0.1) is 0 Å². The van der Waals surface area contributed by atoms with Crippen LogP contribution in [0, 0.1) is 5.92 Å². The van der Waals surface area contributed by atoms with Crippen LogP contribution in [0.5, 0.6) is 0 Å². The summed E-state index contributed by atoms with van der Waals surface area (Å²) in [6.45, 7) is 5.82. The lowest BCUT2D eigenvalue weighted by atomic mass is 9.97. The Kier molecular flexibility index (Phi) is 7.75. The molecule has 0 bridgehead atoms. The number of hydrogen-bond acceptors (Lipinski definition) is 3. The highest BCUT2D eigenvalue weighted by atomic mass is 16.2. The summed E-state index contributed by atoms with van der Waals surface area (Å²) in [5.74, 6) is 0.330. The Morgan fingerprint density at radius 2 is 1.96 bits per heavy atom. The Morgan fingerprint density at radius 3 is 2.71 bits per heavy atom. The molecular formula is C19H29N3O2. The number of hydrogen-bond donors (Lipinski definition) is 2. The predicted molar refractivity (Wildman–Crippen MR) is 95.4 cm³/mol. The van der Waals surface area contributed by atoms with Gasteiger partial charge in [-0.25, -0.2) is 0 Å². The Hall–Kier alpha value is -1.88. The minimum atomic E-state index is -0.0976. The van der Waals surface area contributed by atoms with Crippen LogP contribution in [0.25, 0.3) is 0 Å². The first kappa shape index (κ1) is 18.5. The molecule has 1 aromatic rings. The summed E-state index contributed by atoms with van der Waals surface area (Å²) in [6.07, 6.45) is 3.59. The lowest BCUT2D eigenvalue weighted by Crippen LogP contribution is -2.43. The van der Waals surface area contributed by atoms with Crippen LogP contribution in [0.4, 0.5) is 0 Å². The van der Waals surface area contributed by atoms with Gasteiger partial charge >= 0.3 is 0 Å². The zero-order chi connectivity index (χ0) is 17.2. The number of likely N-dealkylation sites (tertiary alicyclic amines) is 1. The minimum Gasteiger partial charge on any atom is -0.354 e. The van der Waals surface area contributed by atoms with Crippen molar-refractivity contribution in [2.24, 2.45) is 5.92 Å². The summed E-state index contributed by atoms with van der Waals surface area (Å²) in [5.41, 5.74) is 1.33. The van der Waals surface area contributed by atoms with Crippen molar-refractivity contribution in [1.82, 2.24) is 15.5 Å². The van der Waals surface area contributed by atoms with Crippen molar-refractivity contribution >= 4 is 11.8 Å². The van der Waals surface area contributed by atoms with Crippen LogP contribution in [-0.4, -0.2) is 42.9 Å². The van der Waals surface area contributed by atoms with Crippen molar-refractivity contribution in [2.75, 3.05) is 26.2 Å². The average molecular weight is 331 g/mol. The fraction of sp³-hybridized carbons (Fsp3) is 0.579. The van der Waals surface area contributed by atoms with Gasteiger partial charge in [-0.1, -0.05) is 37.3 Å². The SMILES string of the molecule is CCCC(=O)NCC(=O)NCC1CCCN(Cc2ccccc2)C1. The van der Waals surface area contributed by atoms with Crippen LogP contribution in [0.3, 0.4) is 0 Å². The van der Waals surface area contributed by atoms with Crippen molar-refractivity contribution in [2.45, 2.75) is 39.2 Å². The van der Waals surface area contributed by atoms with E-state index in [1.165, 1.54) is 12.0 Å². The van der Waals surface area contributed by atoms with Gasteiger partial charge in [-0.2, -0.15) is 0 Å². The molecule has 1 saturated heterocycles. The van der Waals surface area contributed by atoms with Gasteiger partial charge in [0.2, 0.25) is 11.8 Å². The summed E-state index contributed by atoms with van der Waals surface area (Å²) in [5, 5.41) is 5.61. The Bertz CT molecular complexity index is 519. The molecule has 2 rings (SSSR count). The molecular weight excluding hydrogens is 302 g/mol. The highest BCUT2D eigenvalue weighted by Gasteiger charge is 2.20. The number of benzene rings is 1. The quantitative estimate of drug-likeness (QED) is 0.765. The van der Waals surface area contributed by atoms with Gasteiger partial charge in [0.1, 0.15) is 0 Å². The van der Waals surface area contributed by atoms with E-state index < -0.39 is 0 Å². The van der Waals surface area contributed by atoms with E-state index in [-0.39, 0.29) is 18.4 Å². The molecule has 0 radical (unpaired) electrons. The number of piperidine rings is 1. The smallest absolute Gasteiger partial charge is 0.239 e. The molecule has 1 fully saturated rings. The summed E-state index contributed by atoms with van der Waals surface area (Å²) >= 11 is 0. The normalized spacial score (nSPS) is 18.1. The fourth-order valence-electron chi connectivity index (χ4n) is 3.12. The molecule has 0 aliphatic carbocycles. The highest BCUT2D eigenvalue weighted by molar-refractivity contribution is 5.84. The first-order chi connectivity index (χ1) is 11.7. The standard InChI is InChI=1S/C19H29N3O2/c1-2-7-18(23)21-13-19(24)20-12-17-10-6-11-22(15-17)14-16-8-4-3-5-9-16/h3-5,8-9,17H,2,6-7,10-15H2,1H3,(H,20,24)(H,21,23). The van der Waals surface area contributed by atoms with Crippen LogP contribution in [0.1, 0.15) is 38.2 Å². The second-order valence-corrected chi connectivity index (χ2v) is 6.56. The summed E-state index contributed by atoms with van der Waals surface area (Å²) in [7, 11) is 0. The zero-order valence-electron chi connectivity index (χ0n) is 14.6. The van der Waals surface area contributed by atoms with E-state index >= 15 is 0 Å². The second-order valence-electron chi connectivity index (χ2n) is 6.56. The lowest BCUT2D eigenvalue weighted by molar-refractivity contribution is -0.126. The monoisotopic (exact) mass is 331 g/mol. The molecule has 0 saturated carbocycles. The summed E-state index contributed by atoms with van der Waals surface area (Å²) < 4.78 is 0. The van der Waals surface area contributed by atoms with E-state index in [2.05, 4.69) is 39.8 Å². The molecule has 0 spiro atoms.